The monoisotopic (exact) mass is 329 g/mol. The zero-order valence-electron chi connectivity index (χ0n) is 11.0. The molecule has 0 aliphatic rings. The summed E-state index contributed by atoms with van der Waals surface area (Å²) in [7, 11) is -2.44. The van der Waals surface area contributed by atoms with Gasteiger partial charge in [0.2, 0.25) is 5.13 Å². The minimum absolute atomic E-state index is 0.104. The fourth-order valence-corrected chi connectivity index (χ4v) is 3.39. The van der Waals surface area contributed by atoms with Crippen molar-refractivity contribution in [3.63, 3.8) is 0 Å². The number of anilines is 2. The molecule has 11 heteroatoms. The van der Waals surface area contributed by atoms with Crippen LogP contribution in [-0.4, -0.2) is 30.6 Å². The van der Waals surface area contributed by atoms with Gasteiger partial charge in [0.15, 0.2) is 0 Å². The smallest absolute Gasteiger partial charge is 0.293 e. The van der Waals surface area contributed by atoms with Gasteiger partial charge in [0.25, 0.3) is 15.7 Å². The van der Waals surface area contributed by atoms with Crippen molar-refractivity contribution in [2.24, 2.45) is 0 Å². The molecule has 0 bridgehead atoms. The Morgan fingerprint density at radius 1 is 1.33 bits per heavy atom. The Hall–Kier alpha value is -2.27. The molecule has 112 valence electrons. The minimum Gasteiger partial charge on any atom is -0.383 e. The summed E-state index contributed by atoms with van der Waals surface area (Å²) in [6.07, 6.45) is 0. The maximum atomic E-state index is 12.2. The van der Waals surface area contributed by atoms with Crippen molar-refractivity contribution in [1.82, 2.24) is 10.2 Å². The first-order valence-corrected chi connectivity index (χ1v) is 7.92. The Balaban J connectivity index is 2.40. The van der Waals surface area contributed by atoms with Crippen molar-refractivity contribution >= 4 is 37.9 Å². The summed E-state index contributed by atoms with van der Waals surface area (Å²) in [5, 5.41) is 21.6. The molecule has 2 N–H and O–H groups in total. The van der Waals surface area contributed by atoms with E-state index in [2.05, 4.69) is 20.2 Å². The third-order valence-electron chi connectivity index (χ3n) is 2.49. The molecule has 9 nitrogen and oxygen atoms in total. The van der Waals surface area contributed by atoms with E-state index in [1.165, 1.54) is 19.2 Å². The van der Waals surface area contributed by atoms with Gasteiger partial charge in [-0.15, -0.1) is 10.2 Å². The fraction of sp³-hybridized carbons (Fsp3) is 0.200. The molecule has 21 heavy (non-hydrogen) atoms. The number of aryl methyl sites for hydroxylation is 1. The van der Waals surface area contributed by atoms with E-state index < -0.39 is 14.9 Å². The molecule has 0 atom stereocenters. The quantitative estimate of drug-likeness (QED) is 0.630. The summed E-state index contributed by atoms with van der Waals surface area (Å²) in [6.45, 7) is 1.68. The molecule has 0 aliphatic carbocycles. The van der Waals surface area contributed by atoms with Crippen LogP contribution >= 0.6 is 11.3 Å². The topological polar surface area (TPSA) is 127 Å². The van der Waals surface area contributed by atoms with Gasteiger partial charge in [0.05, 0.1) is 9.82 Å². The molecule has 0 radical (unpaired) electrons. The van der Waals surface area contributed by atoms with Gasteiger partial charge < -0.3 is 5.32 Å². The summed E-state index contributed by atoms with van der Waals surface area (Å²) in [6, 6.07) is 3.59. The summed E-state index contributed by atoms with van der Waals surface area (Å²) >= 11 is 1.07. The van der Waals surface area contributed by atoms with E-state index >= 15 is 0 Å². The van der Waals surface area contributed by atoms with Crippen molar-refractivity contribution in [2.75, 3.05) is 17.1 Å². The number of benzene rings is 1. The standard InChI is InChI=1S/C10H11N5O4S2/c1-6-12-13-10(20-6)14-21(18,19)7-3-4-8(11-2)9(5-7)15(16)17/h3-5,11H,1-2H3,(H,13,14). The molecular weight excluding hydrogens is 318 g/mol. The lowest BCUT2D eigenvalue weighted by molar-refractivity contribution is -0.384. The molecule has 0 amide bonds. The van der Waals surface area contributed by atoms with E-state index in [9.17, 15) is 18.5 Å². The molecule has 0 aliphatic heterocycles. The van der Waals surface area contributed by atoms with E-state index in [-0.39, 0.29) is 21.4 Å². The highest BCUT2D eigenvalue weighted by Gasteiger charge is 2.22. The first kappa shape index (κ1) is 15.1. The van der Waals surface area contributed by atoms with Crippen molar-refractivity contribution < 1.29 is 13.3 Å². The van der Waals surface area contributed by atoms with E-state index in [1.807, 2.05) is 0 Å². The van der Waals surface area contributed by atoms with Crippen LogP contribution in [0.4, 0.5) is 16.5 Å². The minimum atomic E-state index is -3.96. The van der Waals surface area contributed by atoms with Crippen LogP contribution in [0.3, 0.4) is 0 Å². The summed E-state index contributed by atoms with van der Waals surface area (Å²) < 4.78 is 26.6. The van der Waals surface area contributed by atoms with Crippen LogP contribution < -0.4 is 10.0 Å². The highest BCUT2D eigenvalue weighted by Crippen LogP contribution is 2.28. The van der Waals surface area contributed by atoms with Crippen molar-refractivity contribution in [3.05, 3.63) is 33.3 Å². The van der Waals surface area contributed by atoms with E-state index in [0.717, 1.165) is 17.4 Å². The molecule has 2 aromatic rings. The van der Waals surface area contributed by atoms with Gasteiger partial charge in [-0.25, -0.2) is 8.42 Å². The third kappa shape index (κ3) is 3.25. The molecular formula is C10H11N5O4S2. The average molecular weight is 329 g/mol. The van der Waals surface area contributed by atoms with Gasteiger partial charge in [-0.2, -0.15) is 0 Å². The first-order chi connectivity index (χ1) is 9.83. The summed E-state index contributed by atoms with van der Waals surface area (Å²) in [5.41, 5.74) is -0.0977. The Labute approximate surface area is 124 Å². The van der Waals surface area contributed by atoms with Crippen molar-refractivity contribution in [1.29, 1.82) is 0 Å². The highest BCUT2D eigenvalue weighted by atomic mass is 32.2. The van der Waals surface area contributed by atoms with Gasteiger partial charge in [0, 0.05) is 13.1 Å². The Bertz CT molecular complexity index is 786. The highest BCUT2D eigenvalue weighted by molar-refractivity contribution is 7.93. The zero-order chi connectivity index (χ0) is 15.6. The van der Waals surface area contributed by atoms with Crippen LogP contribution in [0, 0.1) is 17.0 Å². The number of nitrogens with zero attached hydrogens (tertiary/aromatic N) is 3. The average Bonchev–Trinajstić information content (AvgIpc) is 2.82. The lowest BCUT2D eigenvalue weighted by Gasteiger charge is -2.07. The fourth-order valence-electron chi connectivity index (χ4n) is 1.55. The lowest BCUT2D eigenvalue weighted by Crippen LogP contribution is -2.13. The lowest BCUT2D eigenvalue weighted by atomic mass is 10.3. The van der Waals surface area contributed by atoms with E-state index in [0.29, 0.717) is 5.01 Å². The zero-order valence-corrected chi connectivity index (χ0v) is 12.7. The Morgan fingerprint density at radius 2 is 2.05 bits per heavy atom. The number of sulfonamides is 1. The van der Waals surface area contributed by atoms with Crippen LogP contribution in [0.5, 0.6) is 0 Å². The predicted molar refractivity (Wildman–Crippen MR) is 78.1 cm³/mol. The number of nitro groups is 1. The number of hydrogen-bond acceptors (Lipinski definition) is 8. The normalized spacial score (nSPS) is 11.1. The van der Waals surface area contributed by atoms with Crippen LogP contribution in [0.2, 0.25) is 0 Å². The molecule has 0 fully saturated rings. The molecule has 1 aromatic heterocycles. The van der Waals surface area contributed by atoms with Crippen molar-refractivity contribution in [2.45, 2.75) is 11.8 Å². The van der Waals surface area contributed by atoms with Gasteiger partial charge in [-0.3, -0.25) is 14.8 Å². The van der Waals surface area contributed by atoms with Crippen LogP contribution in [-0.2, 0) is 10.0 Å². The molecule has 1 aromatic carbocycles. The van der Waals surface area contributed by atoms with Crippen LogP contribution in [0.25, 0.3) is 0 Å². The van der Waals surface area contributed by atoms with Crippen molar-refractivity contribution in [3.8, 4) is 0 Å². The van der Waals surface area contributed by atoms with Gasteiger partial charge in [-0.05, 0) is 19.1 Å². The first-order valence-electron chi connectivity index (χ1n) is 5.62. The molecule has 0 unspecified atom stereocenters. The second-order valence-electron chi connectivity index (χ2n) is 3.92. The number of rotatable bonds is 5. The van der Waals surface area contributed by atoms with E-state index in [4.69, 9.17) is 0 Å². The molecule has 1 heterocycles. The molecule has 0 saturated carbocycles. The second-order valence-corrected chi connectivity index (χ2v) is 6.78. The Morgan fingerprint density at radius 3 is 2.57 bits per heavy atom. The Kier molecular flexibility index (Phi) is 4.04. The maximum absolute atomic E-state index is 12.2. The van der Waals surface area contributed by atoms with Gasteiger partial charge in [-0.1, -0.05) is 11.3 Å². The third-order valence-corrected chi connectivity index (χ3v) is 4.71. The van der Waals surface area contributed by atoms with Crippen LogP contribution in [0.1, 0.15) is 5.01 Å². The number of aromatic nitrogens is 2. The number of nitro benzene ring substituents is 1. The summed E-state index contributed by atoms with van der Waals surface area (Å²) in [5.74, 6) is 0. The largest absolute Gasteiger partial charge is 0.383 e. The number of hydrogen-bond donors (Lipinski definition) is 2. The van der Waals surface area contributed by atoms with Gasteiger partial charge in [0.1, 0.15) is 10.7 Å². The predicted octanol–water partition coefficient (Wildman–Crippen LogP) is 1.60. The molecule has 0 saturated heterocycles. The SMILES string of the molecule is CNc1ccc(S(=O)(=O)Nc2nnc(C)s2)cc1[N+](=O)[O-]. The number of nitrogens with one attached hydrogen (secondary N) is 2. The summed E-state index contributed by atoms with van der Waals surface area (Å²) in [4.78, 5) is 10.1. The molecule has 2 rings (SSSR count). The van der Waals surface area contributed by atoms with Crippen LogP contribution in [0.15, 0.2) is 23.1 Å². The van der Waals surface area contributed by atoms with E-state index in [1.54, 1.807) is 6.92 Å². The van der Waals surface area contributed by atoms with Gasteiger partial charge >= 0.3 is 0 Å². The molecule has 0 spiro atoms. The second kappa shape index (κ2) is 5.61. The maximum Gasteiger partial charge on any atom is 0.293 e.